The van der Waals surface area contributed by atoms with Crippen LogP contribution in [0, 0.1) is 0 Å². The minimum absolute atomic E-state index is 0.0155. The molecule has 0 aliphatic carbocycles. The summed E-state index contributed by atoms with van der Waals surface area (Å²) in [6, 6.07) is 11.0. The lowest BCUT2D eigenvalue weighted by atomic mass is 10.2. The van der Waals surface area contributed by atoms with Crippen molar-refractivity contribution in [2.45, 2.75) is 0 Å². The fourth-order valence-corrected chi connectivity index (χ4v) is 2.15. The molecule has 0 saturated heterocycles. The van der Waals surface area contributed by atoms with Gasteiger partial charge in [0.2, 0.25) is 0 Å². The lowest BCUT2D eigenvalue weighted by molar-refractivity contribution is -0.140. The van der Waals surface area contributed by atoms with E-state index in [9.17, 15) is 14.4 Å². The fraction of sp³-hybridized carbons (Fsp3) is 0.200. The molecule has 11 heteroatoms. The number of carbonyl (C=O) groups is 3. The lowest BCUT2D eigenvalue weighted by Crippen LogP contribution is -2.24. The Balaban J connectivity index is 1.93. The average molecular weight is 432 g/mol. The second-order valence-corrected chi connectivity index (χ2v) is 5.83. The number of ether oxygens (including phenoxy) is 4. The summed E-state index contributed by atoms with van der Waals surface area (Å²) in [6.07, 6.45) is 1.29. The van der Waals surface area contributed by atoms with Crippen LogP contribution in [0.15, 0.2) is 47.6 Å². The van der Waals surface area contributed by atoms with Crippen LogP contribution in [0.25, 0.3) is 0 Å². The second kappa shape index (κ2) is 11.7. The molecule has 3 N–H and O–H groups in total. The van der Waals surface area contributed by atoms with Crippen LogP contribution in [0.1, 0.15) is 5.56 Å². The summed E-state index contributed by atoms with van der Waals surface area (Å²) in [5.41, 5.74) is 2.73. The highest BCUT2D eigenvalue weighted by Gasteiger charge is 2.10. The van der Waals surface area contributed by atoms with Crippen LogP contribution in [-0.2, 0) is 14.4 Å². The van der Waals surface area contributed by atoms with E-state index in [-0.39, 0.29) is 18.1 Å². The standard InChI is InChI=1S/C20H20N2O9/c1-28-14-3-5-15(6-4-14)29-10-18(23)22-21-9-13-2-7-16(30-11-19(24)25)17(8-13)31-12-20(26)27/h2-9H,10-12H2,1H3,(H,22,23)(H,24,25)(H,26,27). The van der Waals surface area contributed by atoms with Crippen LogP contribution < -0.4 is 24.4 Å². The Morgan fingerprint density at radius 1 is 0.871 bits per heavy atom. The van der Waals surface area contributed by atoms with Gasteiger partial charge in [0.05, 0.1) is 13.3 Å². The van der Waals surface area contributed by atoms with Gasteiger partial charge in [-0.3, -0.25) is 4.79 Å². The van der Waals surface area contributed by atoms with Crippen LogP contribution in [0.4, 0.5) is 0 Å². The van der Waals surface area contributed by atoms with Crippen LogP contribution in [0.2, 0.25) is 0 Å². The van der Waals surface area contributed by atoms with Crippen LogP contribution in [0.5, 0.6) is 23.0 Å². The zero-order valence-electron chi connectivity index (χ0n) is 16.4. The molecule has 1 amide bonds. The van der Waals surface area contributed by atoms with Gasteiger partial charge in [0.1, 0.15) is 11.5 Å². The number of benzene rings is 2. The zero-order chi connectivity index (χ0) is 22.6. The second-order valence-electron chi connectivity index (χ2n) is 5.83. The highest BCUT2D eigenvalue weighted by atomic mass is 16.5. The maximum Gasteiger partial charge on any atom is 0.341 e. The Labute approximate surface area is 176 Å². The molecular formula is C20H20N2O9. The predicted octanol–water partition coefficient (Wildman–Crippen LogP) is 1.15. The molecule has 0 spiro atoms. The van der Waals surface area contributed by atoms with E-state index >= 15 is 0 Å². The largest absolute Gasteiger partial charge is 0.497 e. The molecule has 0 saturated carbocycles. The molecule has 0 bridgehead atoms. The maximum absolute atomic E-state index is 11.8. The molecule has 0 aliphatic rings. The Morgan fingerprint density at radius 2 is 1.48 bits per heavy atom. The van der Waals surface area contributed by atoms with Gasteiger partial charge in [-0.1, -0.05) is 0 Å². The van der Waals surface area contributed by atoms with Crippen molar-refractivity contribution in [3.05, 3.63) is 48.0 Å². The van der Waals surface area contributed by atoms with E-state index in [0.717, 1.165) is 0 Å². The SMILES string of the molecule is COc1ccc(OCC(=O)NN=Cc2ccc(OCC(=O)O)c(OCC(=O)O)c2)cc1. The van der Waals surface area contributed by atoms with Crippen molar-refractivity contribution in [1.82, 2.24) is 5.43 Å². The normalized spacial score (nSPS) is 10.4. The smallest absolute Gasteiger partial charge is 0.341 e. The van der Waals surface area contributed by atoms with Crippen molar-refractivity contribution in [3.8, 4) is 23.0 Å². The van der Waals surface area contributed by atoms with Gasteiger partial charge in [0.25, 0.3) is 5.91 Å². The number of amides is 1. The van der Waals surface area contributed by atoms with Gasteiger partial charge in [-0.25, -0.2) is 15.0 Å². The summed E-state index contributed by atoms with van der Waals surface area (Å²) in [4.78, 5) is 33.2. The minimum atomic E-state index is -1.22. The molecule has 2 aromatic rings. The Bertz CT molecular complexity index is 942. The molecule has 2 aromatic carbocycles. The molecule has 0 fully saturated rings. The number of carbonyl (C=O) groups excluding carboxylic acids is 1. The minimum Gasteiger partial charge on any atom is -0.497 e. The first-order chi connectivity index (χ1) is 14.9. The van der Waals surface area contributed by atoms with Crippen molar-refractivity contribution in [2.24, 2.45) is 5.10 Å². The van der Waals surface area contributed by atoms with E-state index in [1.54, 1.807) is 31.4 Å². The van der Waals surface area contributed by atoms with Gasteiger partial charge in [-0.2, -0.15) is 5.10 Å². The molecule has 164 valence electrons. The van der Waals surface area contributed by atoms with Gasteiger partial charge < -0.3 is 29.2 Å². The topological polar surface area (TPSA) is 153 Å². The third-order valence-electron chi connectivity index (χ3n) is 3.50. The summed E-state index contributed by atoms with van der Waals surface area (Å²) < 4.78 is 20.5. The van der Waals surface area contributed by atoms with E-state index in [1.807, 2.05) is 0 Å². The number of methoxy groups -OCH3 is 1. The highest BCUT2D eigenvalue weighted by molar-refractivity contribution is 5.83. The van der Waals surface area contributed by atoms with Crippen LogP contribution in [0.3, 0.4) is 0 Å². The van der Waals surface area contributed by atoms with E-state index in [2.05, 4.69) is 10.5 Å². The zero-order valence-corrected chi connectivity index (χ0v) is 16.4. The summed E-state index contributed by atoms with van der Waals surface area (Å²) in [7, 11) is 1.54. The Hall–Kier alpha value is -4.28. The Kier molecular flexibility index (Phi) is 8.65. The van der Waals surface area contributed by atoms with Crippen molar-refractivity contribution < 1.29 is 43.5 Å². The van der Waals surface area contributed by atoms with E-state index in [1.165, 1.54) is 24.4 Å². The van der Waals surface area contributed by atoms with E-state index in [4.69, 9.17) is 29.2 Å². The lowest BCUT2D eigenvalue weighted by Gasteiger charge is -2.11. The maximum atomic E-state index is 11.8. The number of hydrogen-bond donors (Lipinski definition) is 3. The van der Waals surface area contributed by atoms with Gasteiger partial charge >= 0.3 is 11.9 Å². The van der Waals surface area contributed by atoms with Crippen LogP contribution >= 0.6 is 0 Å². The number of hydrogen-bond acceptors (Lipinski definition) is 8. The van der Waals surface area contributed by atoms with Gasteiger partial charge in [0.15, 0.2) is 31.3 Å². The number of carboxylic acid groups (broad SMARTS) is 2. The predicted molar refractivity (Wildman–Crippen MR) is 107 cm³/mol. The summed E-state index contributed by atoms with van der Waals surface area (Å²) >= 11 is 0. The molecular weight excluding hydrogens is 412 g/mol. The van der Waals surface area contributed by atoms with Crippen molar-refractivity contribution in [1.29, 1.82) is 0 Å². The third-order valence-corrected chi connectivity index (χ3v) is 3.50. The number of nitrogens with zero attached hydrogens (tertiary/aromatic N) is 1. The monoisotopic (exact) mass is 432 g/mol. The van der Waals surface area contributed by atoms with Crippen LogP contribution in [-0.4, -0.2) is 61.2 Å². The molecule has 31 heavy (non-hydrogen) atoms. The molecule has 0 aromatic heterocycles. The van der Waals surface area contributed by atoms with Crippen molar-refractivity contribution >= 4 is 24.1 Å². The summed E-state index contributed by atoms with van der Waals surface area (Å²) in [5, 5.41) is 21.3. The molecule has 0 unspecified atom stereocenters. The van der Waals surface area contributed by atoms with Gasteiger partial charge in [-0.05, 0) is 48.0 Å². The van der Waals surface area contributed by atoms with E-state index in [0.29, 0.717) is 17.1 Å². The highest BCUT2D eigenvalue weighted by Crippen LogP contribution is 2.28. The van der Waals surface area contributed by atoms with Gasteiger partial charge in [-0.15, -0.1) is 0 Å². The number of nitrogens with one attached hydrogen (secondary N) is 1. The Morgan fingerprint density at radius 3 is 2.10 bits per heavy atom. The van der Waals surface area contributed by atoms with E-state index < -0.39 is 31.1 Å². The number of rotatable bonds is 12. The van der Waals surface area contributed by atoms with Crippen molar-refractivity contribution in [2.75, 3.05) is 26.9 Å². The molecule has 0 radical (unpaired) electrons. The molecule has 0 atom stereocenters. The quantitative estimate of drug-likeness (QED) is 0.331. The first kappa shape index (κ1) is 23.0. The first-order valence-corrected chi connectivity index (χ1v) is 8.79. The molecule has 11 nitrogen and oxygen atoms in total. The fourth-order valence-electron chi connectivity index (χ4n) is 2.15. The summed E-state index contributed by atoms with van der Waals surface area (Å²) in [5.74, 6) is -1.71. The number of hydrazone groups is 1. The third kappa shape index (κ3) is 8.31. The molecule has 0 aliphatic heterocycles. The summed E-state index contributed by atoms with van der Waals surface area (Å²) in [6.45, 7) is -1.54. The van der Waals surface area contributed by atoms with Crippen molar-refractivity contribution in [3.63, 3.8) is 0 Å². The first-order valence-electron chi connectivity index (χ1n) is 8.79. The number of aliphatic carboxylic acids is 2. The molecule has 0 heterocycles. The molecule has 2 rings (SSSR count). The van der Waals surface area contributed by atoms with Gasteiger partial charge in [0, 0.05) is 0 Å². The number of carboxylic acids is 2. The average Bonchev–Trinajstić information content (AvgIpc) is 2.75.